The largest absolute Gasteiger partial charge is 0.378 e. The number of benzene rings is 1. The van der Waals surface area contributed by atoms with Gasteiger partial charge in [0.05, 0.1) is 30.3 Å². The fourth-order valence-corrected chi connectivity index (χ4v) is 4.79. The van der Waals surface area contributed by atoms with Crippen molar-refractivity contribution in [3.05, 3.63) is 29.8 Å². The normalized spacial score (nSPS) is 25.8. The molecular weight excluding hydrogens is 344 g/mol. The van der Waals surface area contributed by atoms with Gasteiger partial charge in [-0.05, 0) is 38.1 Å². The number of sulfonamides is 1. The van der Waals surface area contributed by atoms with Crippen LogP contribution in [0, 0.1) is 0 Å². The first-order chi connectivity index (χ1) is 11.9. The van der Waals surface area contributed by atoms with Crippen LogP contribution in [0.4, 0.5) is 0 Å². The average Bonchev–Trinajstić information content (AvgIpc) is 2.61. The zero-order chi connectivity index (χ0) is 18.0. The number of hydrogen-bond acceptors (Lipinski definition) is 5. The van der Waals surface area contributed by atoms with Crippen LogP contribution in [0.3, 0.4) is 0 Å². The van der Waals surface area contributed by atoms with Gasteiger partial charge in [-0.2, -0.15) is 4.31 Å². The van der Waals surface area contributed by atoms with Crippen molar-refractivity contribution in [2.24, 2.45) is 0 Å². The van der Waals surface area contributed by atoms with Gasteiger partial charge in [0.15, 0.2) is 0 Å². The third-order valence-electron chi connectivity index (χ3n) is 4.42. The second kappa shape index (κ2) is 7.41. The molecule has 2 aliphatic rings. The maximum Gasteiger partial charge on any atom is 0.254 e. The second-order valence-electron chi connectivity index (χ2n) is 6.51. The summed E-state index contributed by atoms with van der Waals surface area (Å²) in [6.07, 6.45) is -0.276. The van der Waals surface area contributed by atoms with E-state index in [0.717, 1.165) is 0 Å². The van der Waals surface area contributed by atoms with Gasteiger partial charge < -0.3 is 14.4 Å². The molecule has 2 aliphatic heterocycles. The van der Waals surface area contributed by atoms with Gasteiger partial charge in [0.1, 0.15) is 0 Å². The lowest BCUT2D eigenvalue weighted by molar-refractivity contribution is -0.0440. The Morgan fingerprint density at radius 3 is 2.16 bits per heavy atom. The molecule has 1 aromatic carbocycles. The minimum atomic E-state index is -3.59. The molecule has 2 saturated heterocycles. The summed E-state index contributed by atoms with van der Waals surface area (Å²) in [5.74, 6) is -0.0964. The second-order valence-corrected chi connectivity index (χ2v) is 8.45. The molecule has 1 amide bonds. The molecule has 0 aliphatic carbocycles. The highest BCUT2D eigenvalue weighted by molar-refractivity contribution is 7.89. The Morgan fingerprint density at radius 1 is 1.04 bits per heavy atom. The molecule has 0 radical (unpaired) electrons. The van der Waals surface area contributed by atoms with Crippen LogP contribution in [-0.4, -0.2) is 75.1 Å². The van der Waals surface area contributed by atoms with E-state index in [1.807, 2.05) is 13.8 Å². The molecule has 0 spiro atoms. The van der Waals surface area contributed by atoms with Crippen molar-refractivity contribution in [3.63, 3.8) is 0 Å². The van der Waals surface area contributed by atoms with Gasteiger partial charge in [-0.1, -0.05) is 0 Å². The molecular formula is C17H24N2O5S. The standard InChI is InChI=1S/C17H24N2O5S/c1-13-11-19(12-14(2)24-13)25(21,22)16-5-3-15(4-6-16)17(20)18-7-9-23-10-8-18/h3-6,13-14H,7-12H2,1-2H3/t13-,14+. The predicted octanol–water partition coefficient (Wildman–Crippen LogP) is 0.957. The van der Waals surface area contributed by atoms with E-state index in [1.54, 1.807) is 17.0 Å². The molecule has 25 heavy (non-hydrogen) atoms. The molecule has 0 bridgehead atoms. The van der Waals surface area contributed by atoms with E-state index in [0.29, 0.717) is 45.0 Å². The van der Waals surface area contributed by atoms with Crippen LogP contribution in [0.5, 0.6) is 0 Å². The number of rotatable bonds is 3. The first kappa shape index (κ1) is 18.3. The Labute approximate surface area is 148 Å². The minimum absolute atomic E-state index is 0.0964. The molecule has 138 valence electrons. The molecule has 1 aromatic rings. The van der Waals surface area contributed by atoms with Crippen LogP contribution in [0.15, 0.2) is 29.2 Å². The Balaban J connectivity index is 1.75. The van der Waals surface area contributed by atoms with Crippen LogP contribution in [0.2, 0.25) is 0 Å². The summed E-state index contributed by atoms with van der Waals surface area (Å²) in [5, 5.41) is 0. The van der Waals surface area contributed by atoms with E-state index in [4.69, 9.17) is 9.47 Å². The van der Waals surface area contributed by atoms with Gasteiger partial charge in [-0.3, -0.25) is 4.79 Å². The van der Waals surface area contributed by atoms with Crippen LogP contribution < -0.4 is 0 Å². The molecule has 3 rings (SSSR count). The Kier molecular flexibility index (Phi) is 5.43. The Hall–Kier alpha value is -1.48. The van der Waals surface area contributed by atoms with Crippen molar-refractivity contribution in [2.75, 3.05) is 39.4 Å². The van der Waals surface area contributed by atoms with Crippen molar-refractivity contribution < 1.29 is 22.7 Å². The molecule has 0 unspecified atom stereocenters. The van der Waals surface area contributed by atoms with Crippen LogP contribution in [0.25, 0.3) is 0 Å². The Bertz CT molecular complexity index is 703. The van der Waals surface area contributed by atoms with E-state index < -0.39 is 10.0 Å². The molecule has 7 nitrogen and oxygen atoms in total. The number of ether oxygens (including phenoxy) is 2. The van der Waals surface area contributed by atoms with Crippen LogP contribution in [0.1, 0.15) is 24.2 Å². The van der Waals surface area contributed by atoms with Crippen LogP contribution in [-0.2, 0) is 19.5 Å². The maximum atomic E-state index is 12.8. The summed E-state index contributed by atoms with van der Waals surface area (Å²) < 4.78 is 37.9. The van der Waals surface area contributed by atoms with E-state index in [1.165, 1.54) is 16.4 Å². The quantitative estimate of drug-likeness (QED) is 0.794. The first-order valence-corrected chi connectivity index (χ1v) is 9.94. The molecule has 8 heteroatoms. The van der Waals surface area contributed by atoms with E-state index in [-0.39, 0.29) is 23.0 Å². The van der Waals surface area contributed by atoms with Gasteiger partial charge in [0, 0.05) is 31.7 Å². The van der Waals surface area contributed by atoms with Crippen molar-refractivity contribution in [1.82, 2.24) is 9.21 Å². The molecule has 0 aromatic heterocycles. The molecule has 2 heterocycles. The third kappa shape index (κ3) is 4.03. The Morgan fingerprint density at radius 2 is 1.60 bits per heavy atom. The van der Waals surface area contributed by atoms with Gasteiger partial charge in [-0.15, -0.1) is 0 Å². The maximum absolute atomic E-state index is 12.8. The third-order valence-corrected chi connectivity index (χ3v) is 6.27. The van der Waals surface area contributed by atoms with E-state index >= 15 is 0 Å². The number of amides is 1. The molecule has 0 saturated carbocycles. The summed E-state index contributed by atoms with van der Waals surface area (Å²) in [6.45, 7) is 6.58. The zero-order valence-electron chi connectivity index (χ0n) is 14.6. The highest BCUT2D eigenvalue weighted by Gasteiger charge is 2.32. The highest BCUT2D eigenvalue weighted by atomic mass is 32.2. The number of morpholine rings is 2. The SMILES string of the molecule is C[C@@H]1CN(S(=O)(=O)c2ccc(C(=O)N3CCOCC3)cc2)C[C@H](C)O1. The number of carbonyl (C=O) groups excluding carboxylic acids is 1. The number of hydrogen-bond donors (Lipinski definition) is 0. The summed E-state index contributed by atoms with van der Waals surface area (Å²) in [7, 11) is -3.59. The molecule has 2 atom stereocenters. The summed E-state index contributed by atoms with van der Waals surface area (Å²) in [5.41, 5.74) is 0.490. The molecule has 2 fully saturated rings. The number of carbonyl (C=O) groups is 1. The average molecular weight is 368 g/mol. The topological polar surface area (TPSA) is 76.2 Å². The van der Waals surface area contributed by atoms with Crippen molar-refractivity contribution >= 4 is 15.9 Å². The smallest absolute Gasteiger partial charge is 0.254 e. The highest BCUT2D eigenvalue weighted by Crippen LogP contribution is 2.22. The summed E-state index contributed by atoms with van der Waals surface area (Å²) >= 11 is 0. The fraction of sp³-hybridized carbons (Fsp3) is 0.588. The lowest BCUT2D eigenvalue weighted by Crippen LogP contribution is -2.48. The van der Waals surface area contributed by atoms with E-state index in [2.05, 4.69) is 0 Å². The monoisotopic (exact) mass is 368 g/mol. The summed E-state index contributed by atoms with van der Waals surface area (Å²) in [4.78, 5) is 14.4. The zero-order valence-corrected chi connectivity index (χ0v) is 15.4. The fourth-order valence-electron chi connectivity index (χ4n) is 3.19. The number of nitrogens with zero attached hydrogens (tertiary/aromatic N) is 2. The molecule has 0 N–H and O–H groups in total. The lowest BCUT2D eigenvalue weighted by Gasteiger charge is -2.34. The van der Waals surface area contributed by atoms with Crippen molar-refractivity contribution in [2.45, 2.75) is 31.0 Å². The van der Waals surface area contributed by atoms with Crippen molar-refractivity contribution in [1.29, 1.82) is 0 Å². The minimum Gasteiger partial charge on any atom is -0.378 e. The van der Waals surface area contributed by atoms with E-state index in [9.17, 15) is 13.2 Å². The van der Waals surface area contributed by atoms with Crippen molar-refractivity contribution in [3.8, 4) is 0 Å². The lowest BCUT2D eigenvalue weighted by atomic mass is 10.2. The van der Waals surface area contributed by atoms with Crippen LogP contribution >= 0.6 is 0 Å². The van der Waals surface area contributed by atoms with Gasteiger partial charge >= 0.3 is 0 Å². The predicted molar refractivity (Wildman–Crippen MR) is 91.9 cm³/mol. The van der Waals surface area contributed by atoms with Gasteiger partial charge in [0.25, 0.3) is 5.91 Å². The first-order valence-electron chi connectivity index (χ1n) is 8.50. The van der Waals surface area contributed by atoms with Gasteiger partial charge in [0.2, 0.25) is 10.0 Å². The summed E-state index contributed by atoms with van der Waals surface area (Å²) in [6, 6.07) is 6.18. The van der Waals surface area contributed by atoms with Gasteiger partial charge in [-0.25, -0.2) is 8.42 Å².